The minimum Gasteiger partial charge on any atom is -0.377 e. The lowest BCUT2D eigenvalue weighted by atomic mass is 10.0. The van der Waals surface area contributed by atoms with Crippen LogP contribution in [0, 0.1) is 5.92 Å². The average Bonchev–Trinajstić information content (AvgIpc) is 3.00. The zero-order chi connectivity index (χ0) is 11.5. The number of aryl methyl sites for hydroxylation is 1. The average molecular weight is 225 g/mol. The van der Waals surface area contributed by atoms with Gasteiger partial charge in [0.15, 0.2) is 5.82 Å². The summed E-state index contributed by atoms with van der Waals surface area (Å²) in [5.74, 6) is 1.33. The molecule has 6 heteroatoms. The minimum atomic E-state index is -0.0309. The Labute approximate surface area is 95.1 Å². The molecule has 1 aromatic heterocycles. The summed E-state index contributed by atoms with van der Waals surface area (Å²) in [6, 6.07) is -0.0309. The number of nitrogens with zero attached hydrogens (tertiary/aromatic N) is 4. The maximum atomic E-state index is 6.14. The molecular formula is C10H19N5O. The number of tetrazole rings is 1. The second-order valence-corrected chi connectivity index (χ2v) is 4.32. The maximum Gasteiger partial charge on any atom is 0.176 e. The molecule has 0 aromatic carbocycles. The van der Waals surface area contributed by atoms with Gasteiger partial charge in [0.05, 0.1) is 13.2 Å². The van der Waals surface area contributed by atoms with Crippen LogP contribution >= 0.6 is 0 Å². The lowest BCUT2D eigenvalue weighted by Crippen LogP contribution is -2.40. The lowest BCUT2D eigenvalue weighted by molar-refractivity contribution is 0.0283. The van der Waals surface area contributed by atoms with E-state index in [1.54, 1.807) is 7.05 Å². The molecule has 2 atom stereocenters. The van der Waals surface area contributed by atoms with Crippen molar-refractivity contribution >= 4 is 0 Å². The highest BCUT2D eigenvalue weighted by atomic mass is 16.5. The first-order valence-corrected chi connectivity index (χ1v) is 5.80. The molecule has 90 valence electrons. The van der Waals surface area contributed by atoms with Gasteiger partial charge in [-0.05, 0) is 30.9 Å². The molecule has 1 aliphatic rings. The van der Waals surface area contributed by atoms with Crippen LogP contribution in [0.15, 0.2) is 0 Å². The van der Waals surface area contributed by atoms with E-state index in [2.05, 4.69) is 15.4 Å². The standard InChI is InChI=1S/C10H19N5O/c1-3-16-10(7-4-5-7)8(11)6-9-12-14-15(2)13-9/h7-8,10H,3-6,11H2,1-2H3. The van der Waals surface area contributed by atoms with E-state index in [1.165, 1.54) is 17.6 Å². The van der Waals surface area contributed by atoms with Crippen LogP contribution in [-0.4, -0.2) is 39.0 Å². The van der Waals surface area contributed by atoms with Crippen molar-refractivity contribution in [2.45, 2.75) is 38.3 Å². The van der Waals surface area contributed by atoms with Gasteiger partial charge < -0.3 is 10.5 Å². The first-order chi connectivity index (χ1) is 7.70. The predicted molar refractivity (Wildman–Crippen MR) is 58.6 cm³/mol. The molecule has 1 heterocycles. The van der Waals surface area contributed by atoms with Crippen LogP contribution in [0.3, 0.4) is 0 Å². The molecule has 2 unspecified atom stereocenters. The zero-order valence-corrected chi connectivity index (χ0v) is 9.83. The van der Waals surface area contributed by atoms with Gasteiger partial charge in [0.2, 0.25) is 0 Å². The lowest BCUT2D eigenvalue weighted by Gasteiger charge is -2.22. The van der Waals surface area contributed by atoms with E-state index in [9.17, 15) is 0 Å². The molecule has 0 amide bonds. The second kappa shape index (κ2) is 4.88. The fourth-order valence-corrected chi connectivity index (χ4v) is 1.96. The van der Waals surface area contributed by atoms with Crippen LogP contribution in [0.2, 0.25) is 0 Å². The molecule has 0 aliphatic heterocycles. The van der Waals surface area contributed by atoms with Crippen molar-refractivity contribution in [3.05, 3.63) is 5.82 Å². The van der Waals surface area contributed by atoms with Crippen molar-refractivity contribution in [3.8, 4) is 0 Å². The van der Waals surface area contributed by atoms with Crippen molar-refractivity contribution in [3.63, 3.8) is 0 Å². The van der Waals surface area contributed by atoms with Gasteiger partial charge >= 0.3 is 0 Å². The zero-order valence-electron chi connectivity index (χ0n) is 9.83. The summed E-state index contributed by atoms with van der Waals surface area (Å²) in [6.07, 6.45) is 3.24. The monoisotopic (exact) mass is 225 g/mol. The molecule has 6 nitrogen and oxygen atoms in total. The Hall–Kier alpha value is -1.01. The van der Waals surface area contributed by atoms with Crippen LogP contribution in [0.4, 0.5) is 0 Å². The molecule has 1 aliphatic carbocycles. The summed E-state index contributed by atoms with van der Waals surface area (Å²) >= 11 is 0. The minimum absolute atomic E-state index is 0.0309. The third-order valence-corrected chi connectivity index (χ3v) is 2.84. The molecule has 16 heavy (non-hydrogen) atoms. The van der Waals surface area contributed by atoms with Gasteiger partial charge in [0.1, 0.15) is 0 Å². The van der Waals surface area contributed by atoms with Crippen LogP contribution in [-0.2, 0) is 18.2 Å². The summed E-state index contributed by atoms with van der Waals surface area (Å²) in [6.45, 7) is 2.71. The Bertz CT molecular complexity index is 336. The maximum absolute atomic E-state index is 6.14. The summed E-state index contributed by atoms with van der Waals surface area (Å²) in [5, 5.41) is 11.9. The third-order valence-electron chi connectivity index (χ3n) is 2.84. The van der Waals surface area contributed by atoms with E-state index >= 15 is 0 Å². The summed E-state index contributed by atoms with van der Waals surface area (Å²) in [5.41, 5.74) is 6.14. The number of aromatic nitrogens is 4. The smallest absolute Gasteiger partial charge is 0.176 e. The van der Waals surface area contributed by atoms with Crippen molar-refractivity contribution in [2.24, 2.45) is 18.7 Å². The topological polar surface area (TPSA) is 78.9 Å². The van der Waals surface area contributed by atoms with Crippen molar-refractivity contribution in [1.82, 2.24) is 20.2 Å². The summed E-state index contributed by atoms with van der Waals surface area (Å²) in [4.78, 5) is 1.45. The van der Waals surface area contributed by atoms with Gasteiger partial charge in [-0.15, -0.1) is 10.2 Å². The largest absolute Gasteiger partial charge is 0.377 e. The molecule has 1 fully saturated rings. The van der Waals surface area contributed by atoms with Gasteiger partial charge in [-0.2, -0.15) is 4.80 Å². The molecule has 1 saturated carbocycles. The van der Waals surface area contributed by atoms with E-state index in [0.29, 0.717) is 24.8 Å². The van der Waals surface area contributed by atoms with E-state index in [4.69, 9.17) is 10.5 Å². The van der Waals surface area contributed by atoms with Gasteiger partial charge in [0, 0.05) is 19.1 Å². The second-order valence-electron chi connectivity index (χ2n) is 4.32. The fourth-order valence-electron chi connectivity index (χ4n) is 1.96. The fraction of sp³-hybridized carbons (Fsp3) is 0.900. The predicted octanol–water partition coefficient (Wildman–Crippen LogP) is -0.105. The molecule has 0 saturated heterocycles. The van der Waals surface area contributed by atoms with Crippen LogP contribution in [0.25, 0.3) is 0 Å². The molecular weight excluding hydrogens is 206 g/mol. The van der Waals surface area contributed by atoms with E-state index in [-0.39, 0.29) is 12.1 Å². The molecule has 0 bridgehead atoms. The summed E-state index contributed by atoms with van der Waals surface area (Å²) in [7, 11) is 1.75. The van der Waals surface area contributed by atoms with Gasteiger partial charge in [-0.3, -0.25) is 0 Å². The van der Waals surface area contributed by atoms with Crippen molar-refractivity contribution < 1.29 is 4.74 Å². The highest BCUT2D eigenvalue weighted by Crippen LogP contribution is 2.35. The summed E-state index contributed by atoms with van der Waals surface area (Å²) < 4.78 is 5.70. The molecule has 2 N–H and O–H groups in total. The first kappa shape index (κ1) is 11.5. The first-order valence-electron chi connectivity index (χ1n) is 5.80. The Morgan fingerprint density at radius 2 is 2.31 bits per heavy atom. The van der Waals surface area contributed by atoms with Crippen LogP contribution in [0.5, 0.6) is 0 Å². The van der Waals surface area contributed by atoms with Crippen LogP contribution < -0.4 is 5.73 Å². The Morgan fingerprint density at radius 3 is 2.81 bits per heavy atom. The van der Waals surface area contributed by atoms with E-state index in [0.717, 1.165) is 0 Å². The SMILES string of the molecule is CCOC(C(N)Cc1nnn(C)n1)C1CC1. The van der Waals surface area contributed by atoms with E-state index in [1.807, 2.05) is 6.92 Å². The number of hydrogen-bond acceptors (Lipinski definition) is 5. The van der Waals surface area contributed by atoms with Crippen molar-refractivity contribution in [1.29, 1.82) is 0 Å². The van der Waals surface area contributed by atoms with Crippen molar-refractivity contribution in [2.75, 3.05) is 6.61 Å². The third kappa shape index (κ3) is 2.76. The Morgan fingerprint density at radius 1 is 1.56 bits per heavy atom. The molecule has 1 aromatic rings. The normalized spacial score (nSPS) is 19.7. The van der Waals surface area contributed by atoms with Gasteiger partial charge in [-0.25, -0.2) is 0 Å². The quantitative estimate of drug-likeness (QED) is 0.731. The highest BCUT2D eigenvalue weighted by Gasteiger charge is 2.36. The number of hydrogen-bond donors (Lipinski definition) is 1. The van der Waals surface area contributed by atoms with Gasteiger partial charge in [-0.1, -0.05) is 0 Å². The highest BCUT2D eigenvalue weighted by molar-refractivity contribution is 4.94. The number of nitrogens with two attached hydrogens (primary N) is 1. The molecule has 0 radical (unpaired) electrons. The number of rotatable bonds is 6. The van der Waals surface area contributed by atoms with Gasteiger partial charge in [0.25, 0.3) is 0 Å². The van der Waals surface area contributed by atoms with E-state index < -0.39 is 0 Å². The van der Waals surface area contributed by atoms with Crippen LogP contribution in [0.1, 0.15) is 25.6 Å². The Kier molecular flexibility index (Phi) is 3.50. The molecule has 2 rings (SSSR count). The molecule has 0 spiro atoms. The number of ether oxygens (including phenoxy) is 1. The Balaban J connectivity index is 1.91.